The highest BCUT2D eigenvalue weighted by atomic mass is 16.5. The molecule has 6 nitrogen and oxygen atoms in total. The fraction of sp³-hybridized carbons (Fsp3) is 0.125. The molecule has 116 valence electrons. The van der Waals surface area contributed by atoms with Crippen molar-refractivity contribution in [3.05, 3.63) is 59.7 Å². The molecule has 0 amide bonds. The molecule has 6 heteroatoms. The van der Waals surface area contributed by atoms with Gasteiger partial charge in [-0.3, -0.25) is 4.79 Å². The molecule has 0 bridgehead atoms. The Kier molecular flexibility index (Phi) is 6.59. The lowest BCUT2D eigenvalue weighted by Gasteiger charge is -2.03. The van der Waals surface area contributed by atoms with E-state index in [9.17, 15) is 9.59 Å². The summed E-state index contributed by atoms with van der Waals surface area (Å²) in [5, 5.41) is 26.5. The predicted molar refractivity (Wildman–Crippen MR) is 79.1 cm³/mol. The van der Waals surface area contributed by atoms with E-state index in [1.54, 1.807) is 30.3 Å². The Morgan fingerprint density at radius 1 is 1.18 bits per heavy atom. The van der Waals surface area contributed by atoms with E-state index in [4.69, 9.17) is 20.1 Å². The van der Waals surface area contributed by atoms with Crippen LogP contribution in [0.3, 0.4) is 0 Å². The molecule has 0 fully saturated rings. The third-order valence-corrected chi connectivity index (χ3v) is 2.69. The van der Waals surface area contributed by atoms with Crippen molar-refractivity contribution in [2.75, 3.05) is 7.11 Å². The van der Waals surface area contributed by atoms with Gasteiger partial charge in [-0.2, -0.15) is 0 Å². The first-order chi connectivity index (χ1) is 10.5. The number of aliphatic hydroxyl groups is 1. The molecule has 0 spiro atoms. The minimum atomic E-state index is -1.41. The number of hydrogen-bond donors (Lipinski definition) is 3. The summed E-state index contributed by atoms with van der Waals surface area (Å²) in [7, 11) is 1.43. The first-order valence-corrected chi connectivity index (χ1v) is 6.27. The molecule has 22 heavy (non-hydrogen) atoms. The number of rotatable bonds is 4. The van der Waals surface area contributed by atoms with Crippen molar-refractivity contribution in [3.63, 3.8) is 0 Å². The predicted octanol–water partition coefficient (Wildman–Crippen LogP) is 2.02. The highest BCUT2D eigenvalue weighted by Gasteiger charge is 2.14. The highest BCUT2D eigenvalue weighted by molar-refractivity contribution is 5.76. The summed E-state index contributed by atoms with van der Waals surface area (Å²) in [5.74, 6) is -0.871. The summed E-state index contributed by atoms with van der Waals surface area (Å²) >= 11 is 0. The average Bonchev–Trinajstić information content (AvgIpc) is 2.56. The molecule has 0 saturated carbocycles. The third kappa shape index (κ3) is 4.92. The Morgan fingerprint density at radius 3 is 2.32 bits per heavy atom. The van der Waals surface area contributed by atoms with Gasteiger partial charge < -0.3 is 20.1 Å². The standard InChI is InChI=1S/2C8H8O3/c1-11-8-4-6(5-9)2-3-7(8)10;9-7(8(10)11)6-4-2-1-3-5-6/h2-5,10H,1H3;1-5,7,9H,(H,10,11). The average molecular weight is 304 g/mol. The molecule has 2 rings (SSSR count). The van der Waals surface area contributed by atoms with Gasteiger partial charge in [-0.05, 0) is 23.8 Å². The summed E-state index contributed by atoms with van der Waals surface area (Å²) in [6, 6.07) is 12.7. The Hall–Kier alpha value is -2.86. The molecule has 1 unspecified atom stereocenters. The van der Waals surface area contributed by atoms with Crippen molar-refractivity contribution < 1.29 is 29.6 Å². The number of carboxylic acid groups (broad SMARTS) is 1. The van der Waals surface area contributed by atoms with Gasteiger partial charge in [-0.1, -0.05) is 30.3 Å². The van der Waals surface area contributed by atoms with E-state index in [1.807, 2.05) is 0 Å². The molecule has 0 aromatic heterocycles. The van der Waals surface area contributed by atoms with Crippen LogP contribution in [0.15, 0.2) is 48.5 Å². The second-order valence-corrected chi connectivity index (χ2v) is 4.20. The Bertz CT molecular complexity index is 624. The van der Waals surface area contributed by atoms with Gasteiger partial charge in [-0.25, -0.2) is 4.79 Å². The molecule has 0 aliphatic heterocycles. The van der Waals surface area contributed by atoms with Gasteiger partial charge >= 0.3 is 5.97 Å². The molecule has 3 N–H and O–H groups in total. The van der Waals surface area contributed by atoms with Crippen LogP contribution in [0.1, 0.15) is 22.0 Å². The van der Waals surface area contributed by atoms with Crippen LogP contribution in [-0.4, -0.2) is 34.7 Å². The number of aldehydes is 1. The smallest absolute Gasteiger partial charge is 0.337 e. The summed E-state index contributed by atoms with van der Waals surface area (Å²) in [5.41, 5.74) is 0.889. The lowest BCUT2D eigenvalue weighted by molar-refractivity contribution is -0.146. The number of carbonyl (C=O) groups is 2. The molecule has 0 heterocycles. The number of carboxylic acids is 1. The Morgan fingerprint density at radius 2 is 1.82 bits per heavy atom. The van der Waals surface area contributed by atoms with Gasteiger partial charge in [0.25, 0.3) is 0 Å². The maximum absolute atomic E-state index is 10.2. The number of aromatic hydroxyl groups is 1. The number of aliphatic hydroxyl groups excluding tert-OH is 1. The van der Waals surface area contributed by atoms with Crippen molar-refractivity contribution >= 4 is 12.3 Å². The zero-order valence-corrected chi connectivity index (χ0v) is 11.8. The topological polar surface area (TPSA) is 104 Å². The van der Waals surface area contributed by atoms with E-state index in [-0.39, 0.29) is 5.75 Å². The van der Waals surface area contributed by atoms with Gasteiger partial charge in [0.05, 0.1) is 7.11 Å². The molecule has 1 atom stereocenters. The molecular formula is C16H16O6. The van der Waals surface area contributed by atoms with Gasteiger partial charge in [0.15, 0.2) is 17.6 Å². The zero-order chi connectivity index (χ0) is 16.5. The third-order valence-electron chi connectivity index (χ3n) is 2.69. The largest absolute Gasteiger partial charge is 0.504 e. The van der Waals surface area contributed by atoms with E-state index in [2.05, 4.69) is 0 Å². The van der Waals surface area contributed by atoms with Crippen molar-refractivity contribution in [2.24, 2.45) is 0 Å². The van der Waals surface area contributed by atoms with Crippen LogP contribution < -0.4 is 4.74 Å². The van der Waals surface area contributed by atoms with Gasteiger partial charge in [0.2, 0.25) is 0 Å². The Labute approximate surface area is 127 Å². The number of benzene rings is 2. The fourth-order valence-electron chi connectivity index (χ4n) is 1.55. The normalized spacial score (nSPS) is 10.8. The fourth-order valence-corrected chi connectivity index (χ4v) is 1.55. The maximum atomic E-state index is 10.2. The molecule has 0 aliphatic rings. The maximum Gasteiger partial charge on any atom is 0.337 e. The summed E-state index contributed by atoms with van der Waals surface area (Å²) < 4.78 is 4.78. The molecule has 0 aliphatic carbocycles. The van der Waals surface area contributed by atoms with Gasteiger partial charge in [0, 0.05) is 5.56 Å². The first kappa shape index (κ1) is 17.2. The van der Waals surface area contributed by atoms with E-state index < -0.39 is 12.1 Å². The van der Waals surface area contributed by atoms with Crippen molar-refractivity contribution in [2.45, 2.75) is 6.10 Å². The molecule has 0 saturated heterocycles. The van der Waals surface area contributed by atoms with Crippen LogP contribution in [0.2, 0.25) is 0 Å². The van der Waals surface area contributed by atoms with Crippen LogP contribution in [0.5, 0.6) is 11.5 Å². The lowest BCUT2D eigenvalue weighted by atomic mass is 10.1. The molecule has 2 aromatic rings. The van der Waals surface area contributed by atoms with E-state index >= 15 is 0 Å². The van der Waals surface area contributed by atoms with Crippen molar-refractivity contribution in [1.82, 2.24) is 0 Å². The van der Waals surface area contributed by atoms with Crippen LogP contribution in [0, 0.1) is 0 Å². The van der Waals surface area contributed by atoms with Gasteiger partial charge in [0.1, 0.15) is 6.29 Å². The second kappa shape index (κ2) is 8.43. The van der Waals surface area contributed by atoms with Crippen LogP contribution in [-0.2, 0) is 4.79 Å². The van der Waals surface area contributed by atoms with Crippen LogP contribution in [0.4, 0.5) is 0 Å². The van der Waals surface area contributed by atoms with Crippen molar-refractivity contribution in [1.29, 1.82) is 0 Å². The SMILES string of the molecule is COc1cc(C=O)ccc1O.O=C(O)C(O)c1ccccc1. The number of aliphatic carboxylic acids is 1. The number of carbonyl (C=O) groups excluding carboxylic acids is 1. The number of hydrogen-bond acceptors (Lipinski definition) is 5. The van der Waals surface area contributed by atoms with Crippen LogP contribution in [0.25, 0.3) is 0 Å². The lowest BCUT2D eigenvalue weighted by Crippen LogP contribution is -2.09. The minimum absolute atomic E-state index is 0.0399. The minimum Gasteiger partial charge on any atom is -0.504 e. The second-order valence-electron chi connectivity index (χ2n) is 4.20. The van der Waals surface area contributed by atoms with E-state index in [1.165, 1.54) is 25.3 Å². The summed E-state index contributed by atoms with van der Waals surface area (Å²) in [6.45, 7) is 0. The molecular weight excluding hydrogens is 288 g/mol. The number of ether oxygens (including phenoxy) is 1. The summed E-state index contributed by atoms with van der Waals surface area (Å²) in [6.07, 6.45) is -0.710. The zero-order valence-electron chi connectivity index (χ0n) is 11.8. The van der Waals surface area contributed by atoms with Crippen molar-refractivity contribution in [3.8, 4) is 11.5 Å². The number of phenols is 1. The number of phenolic OH excluding ortho intramolecular Hbond substituents is 1. The Balaban J connectivity index is 0.000000220. The highest BCUT2D eigenvalue weighted by Crippen LogP contribution is 2.25. The summed E-state index contributed by atoms with van der Waals surface area (Å²) in [4.78, 5) is 20.5. The van der Waals surface area contributed by atoms with E-state index in [0.717, 1.165) is 0 Å². The van der Waals surface area contributed by atoms with E-state index in [0.29, 0.717) is 23.2 Å². The van der Waals surface area contributed by atoms with Gasteiger partial charge in [-0.15, -0.1) is 0 Å². The number of methoxy groups -OCH3 is 1. The molecule has 2 aromatic carbocycles. The quantitative estimate of drug-likeness (QED) is 0.746. The first-order valence-electron chi connectivity index (χ1n) is 6.27. The van der Waals surface area contributed by atoms with Crippen LogP contribution >= 0.6 is 0 Å². The monoisotopic (exact) mass is 304 g/mol. The molecule has 0 radical (unpaired) electrons.